The third-order valence-corrected chi connectivity index (χ3v) is 2.47. The second kappa shape index (κ2) is 5.09. The van der Waals surface area contributed by atoms with Gasteiger partial charge in [-0.25, -0.2) is 4.98 Å². The second-order valence-electron chi connectivity index (χ2n) is 3.56. The van der Waals surface area contributed by atoms with Gasteiger partial charge in [0.2, 0.25) is 5.88 Å². The summed E-state index contributed by atoms with van der Waals surface area (Å²) in [5.74, 6) is 0.548. The van der Waals surface area contributed by atoms with Crippen LogP contribution in [0.25, 0.3) is 0 Å². The highest BCUT2D eigenvalue weighted by Crippen LogP contribution is 2.19. The fraction of sp³-hybridized carbons (Fsp3) is 0.545. The topological polar surface area (TPSA) is 51.6 Å². The zero-order chi connectivity index (χ0) is 10.5. The molecular formula is C11H15NO3. The number of pyridine rings is 1. The normalized spacial score (nSPS) is 17.7. The van der Waals surface area contributed by atoms with Gasteiger partial charge in [-0.2, -0.15) is 0 Å². The van der Waals surface area contributed by atoms with E-state index < -0.39 is 0 Å². The van der Waals surface area contributed by atoms with Crippen molar-refractivity contribution in [3.8, 4) is 5.88 Å². The van der Waals surface area contributed by atoms with Crippen LogP contribution in [-0.4, -0.2) is 29.4 Å². The molecule has 1 saturated heterocycles. The van der Waals surface area contributed by atoms with Gasteiger partial charge in [-0.05, 0) is 12.1 Å². The molecule has 1 aliphatic heterocycles. The molecule has 0 aromatic carbocycles. The van der Waals surface area contributed by atoms with Gasteiger partial charge in [-0.1, -0.05) is 0 Å². The van der Waals surface area contributed by atoms with Crippen LogP contribution in [0.1, 0.15) is 18.4 Å². The molecule has 15 heavy (non-hydrogen) atoms. The lowest BCUT2D eigenvalue weighted by atomic mass is 10.1. The molecule has 2 rings (SSSR count). The van der Waals surface area contributed by atoms with Gasteiger partial charge in [0.25, 0.3) is 0 Å². The number of rotatable bonds is 3. The second-order valence-corrected chi connectivity index (χ2v) is 3.56. The van der Waals surface area contributed by atoms with E-state index in [9.17, 15) is 0 Å². The van der Waals surface area contributed by atoms with E-state index >= 15 is 0 Å². The standard InChI is InChI=1S/C11H15NO3/c13-8-9-2-1-5-12-11(9)15-10-3-6-14-7-4-10/h1-2,5,10,13H,3-4,6-8H2. The Morgan fingerprint density at radius 3 is 3.00 bits per heavy atom. The van der Waals surface area contributed by atoms with E-state index in [1.54, 1.807) is 12.3 Å². The number of nitrogens with zero attached hydrogens (tertiary/aromatic N) is 1. The van der Waals surface area contributed by atoms with Crippen molar-refractivity contribution in [2.75, 3.05) is 13.2 Å². The molecule has 82 valence electrons. The summed E-state index contributed by atoms with van der Waals surface area (Å²) in [4.78, 5) is 4.12. The Labute approximate surface area is 88.9 Å². The van der Waals surface area contributed by atoms with Gasteiger partial charge in [0, 0.05) is 24.6 Å². The van der Waals surface area contributed by atoms with Crippen LogP contribution in [0.4, 0.5) is 0 Å². The largest absolute Gasteiger partial charge is 0.474 e. The van der Waals surface area contributed by atoms with E-state index in [2.05, 4.69) is 4.98 Å². The summed E-state index contributed by atoms with van der Waals surface area (Å²) in [5, 5.41) is 9.10. The number of aliphatic hydroxyl groups is 1. The van der Waals surface area contributed by atoms with Crippen LogP contribution < -0.4 is 4.74 Å². The molecule has 1 N–H and O–H groups in total. The fourth-order valence-electron chi connectivity index (χ4n) is 1.60. The first-order valence-electron chi connectivity index (χ1n) is 5.19. The van der Waals surface area contributed by atoms with E-state index in [1.165, 1.54) is 0 Å². The first-order valence-corrected chi connectivity index (χ1v) is 5.19. The summed E-state index contributed by atoms with van der Waals surface area (Å²) in [6.07, 6.45) is 3.62. The monoisotopic (exact) mass is 209 g/mol. The summed E-state index contributed by atoms with van der Waals surface area (Å²) < 4.78 is 11.0. The van der Waals surface area contributed by atoms with E-state index in [0.717, 1.165) is 31.6 Å². The molecule has 0 spiro atoms. The van der Waals surface area contributed by atoms with Crippen LogP contribution in [0.5, 0.6) is 5.88 Å². The third-order valence-electron chi connectivity index (χ3n) is 2.47. The molecule has 1 fully saturated rings. The highest BCUT2D eigenvalue weighted by Gasteiger charge is 2.17. The molecule has 0 saturated carbocycles. The smallest absolute Gasteiger partial charge is 0.219 e. The molecule has 2 heterocycles. The van der Waals surface area contributed by atoms with Gasteiger partial charge >= 0.3 is 0 Å². The number of aliphatic hydroxyl groups excluding tert-OH is 1. The molecule has 0 amide bonds. The molecule has 4 nitrogen and oxygen atoms in total. The zero-order valence-corrected chi connectivity index (χ0v) is 8.56. The molecule has 1 aromatic heterocycles. The average molecular weight is 209 g/mol. The first kappa shape index (κ1) is 10.4. The molecule has 0 atom stereocenters. The lowest BCUT2D eigenvalue weighted by Gasteiger charge is -2.23. The molecule has 0 radical (unpaired) electrons. The third kappa shape index (κ3) is 2.67. The quantitative estimate of drug-likeness (QED) is 0.810. The molecule has 0 unspecified atom stereocenters. The van der Waals surface area contributed by atoms with Crippen LogP contribution in [0.15, 0.2) is 18.3 Å². The van der Waals surface area contributed by atoms with Crippen LogP contribution in [0, 0.1) is 0 Å². The van der Waals surface area contributed by atoms with Crippen molar-refractivity contribution in [1.82, 2.24) is 4.98 Å². The maximum atomic E-state index is 9.10. The molecule has 0 bridgehead atoms. The highest BCUT2D eigenvalue weighted by molar-refractivity contribution is 5.24. The predicted octanol–water partition coefficient (Wildman–Crippen LogP) is 1.13. The Morgan fingerprint density at radius 2 is 2.27 bits per heavy atom. The van der Waals surface area contributed by atoms with Crippen molar-refractivity contribution in [2.45, 2.75) is 25.6 Å². The Balaban J connectivity index is 2.02. The SMILES string of the molecule is OCc1cccnc1OC1CCOCC1. The van der Waals surface area contributed by atoms with E-state index in [4.69, 9.17) is 14.6 Å². The molecule has 0 aliphatic carbocycles. The Hall–Kier alpha value is -1.13. The van der Waals surface area contributed by atoms with Crippen molar-refractivity contribution < 1.29 is 14.6 Å². The zero-order valence-electron chi connectivity index (χ0n) is 8.56. The summed E-state index contributed by atoms with van der Waals surface area (Å²) in [5.41, 5.74) is 0.740. The number of hydrogen-bond acceptors (Lipinski definition) is 4. The van der Waals surface area contributed by atoms with Crippen molar-refractivity contribution >= 4 is 0 Å². The minimum absolute atomic E-state index is 0.0353. The van der Waals surface area contributed by atoms with E-state index in [0.29, 0.717) is 5.88 Å². The van der Waals surface area contributed by atoms with Gasteiger partial charge in [-0.15, -0.1) is 0 Å². The van der Waals surface area contributed by atoms with Crippen LogP contribution >= 0.6 is 0 Å². The van der Waals surface area contributed by atoms with Gasteiger partial charge in [0.15, 0.2) is 0 Å². The summed E-state index contributed by atoms with van der Waals surface area (Å²) in [6.45, 7) is 1.45. The van der Waals surface area contributed by atoms with Crippen LogP contribution in [0.2, 0.25) is 0 Å². The fourth-order valence-corrected chi connectivity index (χ4v) is 1.60. The van der Waals surface area contributed by atoms with Gasteiger partial charge < -0.3 is 14.6 Å². The summed E-state index contributed by atoms with van der Waals surface area (Å²) in [7, 11) is 0. The lowest BCUT2D eigenvalue weighted by Crippen LogP contribution is -2.26. The minimum atomic E-state index is -0.0353. The van der Waals surface area contributed by atoms with Crippen LogP contribution in [0.3, 0.4) is 0 Å². The average Bonchev–Trinajstić information content (AvgIpc) is 2.31. The Kier molecular flexibility index (Phi) is 3.53. The van der Waals surface area contributed by atoms with Crippen molar-refractivity contribution in [2.24, 2.45) is 0 Å². The van der Waals surface area contributed by atoms with Crippen molar-refractivity contribution in [1.29, 1.82) is 0 Å². The van der Waals surface area contributed by atoms with Gasteiger partial charge in [-0.3, -0.25) is 0 Å². The van der Waals surface area contributed by atoms with E-state index in [1.807, 2.05) is 6.07 Å². The Bertz CT molecular complexity index is 310. The lowest BCUT2D eigenvalue weighted by molar-refractivity contribution is 0.0228. The first-order chi connectivity index (χ1) is 7.40. The minimum Gasteiger partial charge on any atom is -0.474 e. The van der Waals surface area contributed by atoms with Gasteiger partial charge in [0.1, 0.15) is 6.10 Å². The van der Waals surface area contributed by atoms with Gasteiger partial charge in [0.05, 0.1) is 19.8 Å². The maximum absolute atomic E-state index is 9.10. The van der Waals surface area contributed by atoms with E-state index in [-0.39, 0.29) is 12.7 Å². The molecular weight excluding hydrogens is 194 g/mol. The number of aromatic nitrogens is 1. The number of hydrogen-bond donors (Lipinski definition) is 1. The maximum Gasteiger partial charge on any atom is 0.219 e. The highest BCUT2D eigenvalue weighted by atomic mass is 16.5. The van der Waals surface area contributed by atoms with Crippen LogP contribution in [-0.2, 0) is 11.3 Å². The summed E-state index contributed by atoms with van der Waals surface area (Å²) in [6, 6.07) is 3.62. The predicted molar refractivity (Wildman–Crippen MR) is 54.6 cm³/mol. The molecule has 4 heteroatoms. The molecule has 1 aromatic rings. The summed E-state index contributed by atoms with van der Waals surface area (Å²) >= 11 is 0. The molecule has 1 aliphatic rings. The Morgan fingerprint density at radius 1 is 1.47 bits per heavy atom. The van der Waals surface area contributed by atoms with Crippen molar-refractivity contribution in [3.63, 3.8) is 0 Å². The number of ether oxygens (including phenoxy) is 2. The van der Waals surface area contributed by atoms with Crippen molar-refractivity contribution in [3.05, 3.63) is 23.9 Å².